The van der Waals surface area contributed by atoms with Crippen molar-refractivity contribution in [2.24, 2.45) is 0 Å². The topological polar surface area (TPSA) is 48.1 Å². The van der Waals surface area contributed by atoms with Crippen LogP contribution in [-0.4, -0.2) is 75.9 Å². The highest BCUT2D eigenvalue weighted by atomic mass is 16.5. The average Bonchev–Trinajstić information content (AvgIpc) is 2.60. The number of nitrogens with one attached hydrogen (secondary N) is 1. The van der Waals surface area contributed by atoms with Crippen molar-refractivity contribution in [2.45, 2.75) is 13.3 Å². The third-order valence-corrected chi connectivity index (χ3v) is 4.31. The third kappa shape index (κ3) is 5.69. The Kier molecular flexibility index (Phi) is 7.34. The van der Waals surface area contributed by atoms with E-state index in [9.17, 15) is 4.79 Å². The van der Waals surface area contributed by atoms with Crippen LogP contribution in [0.2, 0.25) is 0 Å². The van der Waals surface area contributed by atoms with Crippen LogP contribution < -0.4 is 10.2 Å². The summed E-state index contributed by atoms with van der Waals surface area (Å²) in [4.78, 5) is 18.7. The van der Waals surface area contributed by atoms with Gasteiger partial charge in [-0.05, 0) is 37.6 Å². The fourth-order valence-electron chi connectivity index (χ4n) is 2.76. The second-order valence-corrected chi connectivity index (χ2v) is 6.26. The summed E-state index contributed by atoms with van der Waals surface area (Å²) in [5.74, 6) is 0. The SMILES string of the molecule is CCN(CCCN1CCOCC1)C(=O)Nc1ccc(N(C)C)cc1. The molecule has 1 aliphatic heterocycles. The number of nitrogens with zero attached hydrogens (tertiary/aromatic N) is 3. The van der Waals surface area contributed by atoms with Crippen LogP contribution in [-0.2, 0) is 4.74 Å². The average molecular weight is 334 g/mol. The van der Waals surface area contributed by atoms with Crippen molar-refractivity contribution in [1.29, 1.82) is 0 Å². The van der Waals surface area contributed by atoms with E-state index in [4.69, 9.17) is 4.74 Å². The van der Waals surface area contributed by atoms with E-state index in [1.807, 2.05) is 55.1 Å². The molecule has 1 N–H and O–H groups in total. The first-order valence-electron chi connectivity index (χ1n) is 8.73. The van der Waals surface area contributed by atoms with Crippen molar-refractivity contribution in [2.75, 3.05) is 70.2 Å². The Morgan fingerprint density at radius 2 is 1.88 bits per heavy atom. The molecular formula is C18H30N4O2. The zero-order valence-corrected chi connectivity index (χ0v) is 15.1. The van der Waals surface area contributed by atoms with Gasteiger partial charge in [0.1, 0.15) is 0 Å². The number of urea groups is 1. The molecule has 0 saturated carbocycles. The largest absolute Gasteiger partial charge is 0.379 e. The van der Waals surface area contributed by atoms with Crippen molar-refractivity contribution >= 4 is 17.4 Å². The molecule has 0 aromatic heterocycles. The van der Waals surface area contributed by atoms with E-state index in [2.05, 4.69) is 10.2 Å². The lowest BCUT2D eigenvalue weighted by atomic mass is 10.2. The predicted octanol–water partition coefficient (Wildman–Crippen LogP) is 2.33. The molecule has 134 valence electrons. The number of rotatable bonds is 7. The van der Waals surface area contributed by atoms with E-state index in [1.165, 1.54) is 0 Å². The molecule has 0 aliphatic carbocycles. The maximum absolute atomic E-state index is 12.4. The van der Waals surface area contributed by atoms with E-state index in [-0.39, 0.29) is 6.03 Å². The Morgan fingerprint density at radius 1 is 1.21 bits per heavy atom. The fraction of sp³-hybridized carbons (Fsp3) is 0.611. The molecule has 0 spiro atoms. The van der Waals surface area contributed by atoms with Gasteiger partial charge in [-0.2, -0.15) is 0 Å². The smallest absolute Gasteiger partial charge is 0.321 e. The monoisotopic (exact) mass is 334 g/mol. The third-order valence-electron chi connectivity index (χ3n) is 4.31. The Bertz CT molecular complexity index is 498. The van der Waals surface area contributed by atoms with Gasteiger partial charge in [-0.3, -0.25) is 4.90 Å². The van der Waals surface area contributed by atoms with Gasteiger partial charge in [0.2, 0.25) is 0 Å². The van der Waals surface area contributed by atoms with E-state index >= 15 is 0 Å². The highest BCUT2D eigenvalue weighted by Gasteiger charge is 2.14. The molecular weight excluding hydrogens is 304 g/mol. The summed E-state index contributed by atoms with van der Waals surface area (Å²) in [6.07, 6.45) is 0.987. The van der Waals surface area contributed by atoms with Crippen molar-refractivity contribution in [1.82, 2.24) is 9.80 Å². The Balaban J connectivity index is 1.77. The first-order chi connectivity index (χ1) is 11.6. The number of morpholine rings is 1. The summed E-state index contributed by atoms with van der Waals surface area (Å²) >= 11 is 0. The lowest BCUT2D eigenvalue weighted by Crippen LogP contribution is -2.40. The summed E-state index contributed by atoms with van der Waals surface area (Å²) in [5, 5.41) is 2.98. The number of carbonyl (C=O) groups is 1. The minimum absolute atomic E-state index is 0.0305. The Hall–Kier alpha value is -1.79. The van der Waals surface area contributed by atoms with Gasteiger partial charge in [-0.1, -0.05) is 0 Å². The molecule has 1 saturated heterocycles. The van der Waals surface area contributed by atoms with Crippen molar-refractivity contribution < 1.29 is 9.53 Å². The number of hydrogen-bond acceptors (Lipinski definition) is 4. The molecule has 0 radical (unpaired) electrons. The number of benzene rings is 1. The van der Waals surface area contributed by atoms with Gasteiger partial charge >= 0.3 is 6.03 Å². The molecule has 1 heterocycles. The lowest BCUT2D eigenvalue weighted by molar-refractivity contribution is 0.0366. The quantitative estimate of drug-likeness (QED) is 0.831. The summed E-state index contributed by atoms with van der Waals surface area (Å²) in [7, 11) is 4.00. The number of carbonyl (C=O) groups excluding carboxylic acids is 1. The molecule has 24 heavy (non-hydrogen) atoms. The number of amides is 2. The molecule has 6 nitrogen and oxygen atoms in total. The van der Waals surface area contributed by atoms with E-state index in [0.29, 0.717) is 6.54 Å². The van der Waals surface area contributed by atoms with Crippen LogP contribution in [0.4, 0.5) is 16.2 Å². The molecule has 2 amide bonds. The van der Waals surface area contributed by atoms with Crippen LogP contribution in [0.15, 0.2) is 24.3 Å². The molecule has 1 aromatic carbocycles. The first-order valence-corrected chi connectivity index (χ1v) is 8.73. The Morgan fingerprint density at radius 3 is 2.46 bits per heavy atom. The fourth-order valence-corrected chi connectivity index (χ4v) is 2.76. The maximum atomic E-state index is 12.4. The summed E-state index contributed by atoms with van der Waals surface area (Å²) in [6.45, 7) is 8.16. The van der Waals surface area contributed by atoms with Crippen LogP contribution in [0.5, 0.6) is 0 Å². The van der Waals surface area contributed by atoms with Gasteiger partial charge in [-0.25, -0.2) is 4.79 Å². The molecule has 0 bridgehead atoms. The van der Waals surface area contributed by atoms with Gasteiger partial charge < -0.3 is 19.9 Å². The maximum Gasteiger partial charge on any atom is 0.321 e. The Labute approximate surface area is 145 Å². The van der Waals surface area contributed by atoms with Crippen LogP contribution in [0.25, 0.3) is 0 Å². The number of hydrogen-bond donors (Lipinski definition) is 1. The van der Waals surface area contributed by atoms with E-state index < -0.39 is 0 Å². The van der Waals surface area contributed by atoms with Crippen LogP contribution in [0.3, 0.4) is 0 Å². The highest BCUT2D eigenvalue weighted by Crippen LogP contribution is 2.16. The lowest BCUT2D eigenvalue weighted by Gasteiger charge is -2.28. The molecule has 2 rings (SSSR count). The number of ether oxygens (including phenoxy) is 1. The van der Waals surface area contributed by atoms with Gasteiger partial charge in [0.25, 0.3) is 0 Å². The summed E-state index contributed by atoms with van der Waals surface area (Å²) < 4.78 is 5.36. The molecule has 1 aromatic rings. The van der Waals surface area contributed by atoms with E-state index in [1.54, 1.807) is 0 Å². The molecule has 0 atom stereocenters. The minimum atomic E-state index is -0.0305. The normalized spacial score (nSPS) is 15.1. The number of anilines is 2. The van der Waals surface area contributed by atoms with Crippen LogP contribution in [0.1, 0.15) is 13.3 Å². The van der Waals surface area contributed by atoms with Gasteiger partial charge in [0.05, 0.1) is 13.2 Å². The van der Waals surface area contributed by atoms with Gasteiger partial charge in [0, 0.05) is 58.2 Å². The molecule has 6 heteroatoms. The second-order valence-electron chi connectivity index (χ2n) is 6.26. The van der Waals surface area contributed by atoms with Crippen LogP contribution >= 0.6 is 0 Å². The van der Waals surface area contributed by atoms with Crippen molar-refractivity contribution in [3.05, 3.63) is 24.3 Å². The van der Waals surface area contributed by atoms with E-state index in [0.717, 1.165) is 57.2 Å². The summed E-state index contributed by atoms with van der Waals surface area (Å²) in [5.41, 5.74) is 1.95. The van der Waals surface area contributed by atoms with Crippen molar-refractivity contribution in [3.8, 4) is 0 Å². The van der Waals surface area contributed by atoms with Crippen molar-refractivity contribution in [3.63, 3.8) is 0 Å². The standard InChI is InChI=1S/C18H30N4O2/c1-4-22(11-5-10-21-12-14-24-15-13-21)18(23)19-16-6-8-17(9-7-16)20(2)3/h6-9H,4-5,10-15H2,1-3H3,(H,19,23). The van der Waals surface area contributed by atoms with Gasteiger partial charge in [-0.15, -0.1) is 0 Å². The zero-order valence-electron chi connectivity index (χ0n) is 15.1. The molecule has 0 unspecified atom stereocenters. The van der Waals surface area contributed by atoms with Crippen LogP contribution in [0, 0.1) is 0 Å². The second kappa shape index (κ2) is 9.49. The van der Waals surface area contributed by atoms with Gasteiger partial charge in [0.15, 0.2) is 0 Å². The first kappa shape index (κ1) is 18.5. The predicted molar refractivity (Wildman–Crippen MR) is 98.9 cm³/mol. The minimum Gasteiger partial charge on any atom is -0.379 e. The summed E-state index contributed by atoms with van der Waals surface area (Å²) in [6, 6.07) is 7.86. The zero-order chi connectivity index (χ0) is 17.4. The molecule has 1 aliphatic rings. The highest BCUT2D eigenvalue weighted by molar-refractivity contribution is 5.89. The molecule has 1 fully saturated rings.